The lowest BCUT2D eigenvalue weighted by Gasteiger charge is -2.09. The van der Waals surface area contributed by atoms with Gasteiger partial charge in [0, 0.05) is 29.1 Å². The highest BCUT2D eigenvalue weighted by Gasteiger charge is 2.13. The monoisotopic (exact) mass is 369 g/mol. The van der Waals surface area contributed by atoms with E-state index in [0.29, 0.717) is 34.2 Å². The molecule has 0 bridgehead atoms. The summed E-state index contributed by atoms with van der Waals surface area (Å²) < 4.78 is 15.5. The Kier molecular flexibility index (Phi) is 5.46. The molecule has 0 fully saturated rings. The largest absolute Gasteiger partial charge is 0.497 e. The number of benzene rings is 2. The molecule has 0 saturated heterocycles. The number of anilines is 1. The molecule has 0 aromatic heterocycles. The predicted molar refractivity (Wildman–Crippen MR) is 98.5 cm³/mol. The lowest BCUT2D eigenvalue weighted by atomic mass is 10.2. The van der Waals surface area contributed by atoms with Gasteiger partial charge in [-0.1, -0.05) is 0 Å². The lowest BCUT2D eigenvalue weighted by molar-refractivity contribution is -0.112. The summed E-state index contributed by atoms with van der Waals surface area (Å²) in [6, 6.07) is 11.8. The fraction of sp³-hybridized carbons (Fsp3) is 0.158. The van der Waals surface area contributed by atoms with E-state index in [2.05, 4.69) is 16.2 Å². The van der Waals surface area contributed by atoms with Crippen LogP contribution in [-0.2, 0) is 4.79 Å². The third-order valence-corrected chi connectivity index (χ3v) is 3.71. The van der Waals surface area contributed by atoms with Gasteiger partial charge in [0.25, 0.3) is 5.91 Å². The van der Waals surface area contributed by atoms with Gasteiger partial charge in [0.1, 0.15) is 5.75 Å². The van der Waals surface area contributed by atoms with Gasteiger partial charge in [-0.05, 0) is 43.3 Å². The Balaban J connectivity index is 1.52. The second-order valence-electron chi connectivity index (χ2n) is 5.69. The van der Waals surface area contributed by atoms with Crippen molar-refractivity contribution >= 4 is 17.5 Å². The number of hydrogen-bond donors (Lipinski definition) is 3. The van der Waals surface area contributed by atoms with Gasteiger partial charge in [0.2, 0.25) is 12.7 Å². The summed E-state index contributed by atoms with van der Waals surface area (Å²) in [5.74, 6) is 1.20. The summed E-state index contributed by atoms with van der Waals surface area (Å²) in [4.78, 5) is 24.1. The Bertz CT molecular complexity index is 877. The molecule has 140 valence electrons. The van der Waals surface area contributed by atoms with Crippen LogP contribution in [0.4, 0.5) is 5.69 Å². The molecule has 1 heterocycles. The second-order valence-corrected chi connectivity index (χ2v) is 5.69. The number of carbonyl (C=O) groups excluding carboxylic acids is 2. The number of hydrogen-bond acceptors (Lipinski definition) is 6. The maximum Gasteiger partial charge on any atom is 0.269 e. The molecule has 0 unspecified atom stereocenters. The molecule has 0 spiro atoms. The van der Waals surface area contributed by atoms with E-state index in [-0.39, 0.29) is 18.6 Å². The molecule has 0 saturated carbocycles. The first kappa shape index (κ1) is 18.1. The van der Waals surface area contributed by atoms with Crippen LogP contribution in [0, 0.1) is 0 Å². The van der Waals surface area contributed by atoms with Crippen LogP contribution in [0.3, 0.4) is 0 Å². The Hall–Kier alpha value is -3.68. The summed E-state index contributed by atoms with van der Waals surface area (Å²) in [6.07, 6.45) is 1.33. The number of nitrogens with one attached hydrogen (secondary N) is 3. The molecule has 1 aliphatic rings. The van der Waals surface area contributed by atoms with Crippen LogP contribution in [0.5, 0.6) is 17.2 Å². The van der Waals surface area contributed by atoms with Crippen LogP contribution in [0.25, 0.3) is 0 Å². The first-order valence-electron chi connectivity index (χ1n) is 8.14. The summed E-state index contributed by atoms with van der Waals surface area (Å²) in [6.45, 7) is 1.83. The van der Waals surface area contributed by atoms with Crippen molar-refractivity contribution in [3.8, 4) is 17.2 Å². The van der Waals surface area contributed by atoms with Gasteiger partial charge >= 0.3 is 0 Å². The van der Waals surface area contributed by atoms with Crippen molar-refractivity contribution in [2.75, 3.05) is 19.2 Å². The highest BCUT2D eigenvalue weighted by molar-refractivity contribution is 6.00. The zero-order valence-electron chi connectivity index (χ0n) is 14.9. The van der Waals surface area contributed by atoms with Crippen molar-refractivity contribution in [3.63, 3.8) is 0 Å². The minimum Gasteiger partial charge on any atom is -0.497 e. The molecule has 1 aliphatic heterocycles. The molecule has 3 N–H and O–H groups in total. The maximum absolute atomic E-state index is 12.1. The molecule has 2 aromatic rings. The van der Waals surface area contributed by atoms with E-state index >= 15 is 0 Å². The van der Waals surface area contributed by atoms with Crippen molar-refractivity contribution in [2.45, 2.75) is 6.92 Å². The summed E-state index contributed by atoms with van der Waals surface area (Å²) >= 11 is 0. The highest BCUT2D eigenvalue weighted by Crippen LogP contribution is 2.34. The van der Waals surface area contributed by atoms with E-state index in [4.69, 9.17) is 14.2 Å². The second kappa shape index (κ2) is 8.13. The number of rotatable bonds is 6. The van der Waals surface area contributed by atoms with Gasteiger partial charge in [-0.15, -0.1) is 0 Å². The molecular formula is C19H19N3O5. The number of hydrazine groups is 1. The molecule has 0 radical (unpaired) electrons. The molecule has 0 aliphatic carbocycles. The van der Waals surface area contributed by atoms with Crippen LogP contribution < -0.4 is 30.4 Å². The van der Waals surface area contributed by atoms with Gasteiger partial charge in [-0.3, -0.25) is 15.0 Å². The van der Waals surface area contributed by atoms with Gasteiger partial charge in [-0.25, -0.2) is 0 Å². The third-order valence-electron chi connectivity index (χ3n) is 3.71. The first-order valence-corrected chi connectivity index (χ1v) is 8.14. The average Bonchev–Trinajstić information content (AvgIpc) is 3.14. The van der Waals surface area contributed by atoms with Gasteiger partial charge < -0.3 is 25.0 Å². The molecular weight excluding hydrogens is 350 g/mol. The molecule has 2 aromatic carbocycles. The highest BCUT2D eigenvalue weighted by atomic mass is 16.7. The fourth-order valence-corrected chi connectivity index (χ4v) is 2.36. The standard InChI is InChI=1S/C19H19N3O5/c1-12(21-22-19(24)13-3-6-15(25-2)7-4-13)9-18(23)20-14-5-8-16-17(10-14)27-11-26-16/h3-10,21H,11H2,1-2H3,(H,20,23)(H,22,24)/b12-9+. The van der Waals surface area contributed by atoms with Crippen molar-refractivity contribution in [3.05, 3.63) is 59.8 Å². The molecule has 2 amide bonds. The smallest absolute Gasteiger partial charge is 0.269 e. The molecule has 27 heavy (non-hydrogen) atoms. The summed E-state index contributed by atoms with van der Waals surface area (Å²) in [5, 5.41) is 2.72. The number of fused-ring (bicyclic) bond motifs is 1. The maximum atomic E-state index is 12.1. The normalized spacial score (nSPS) is 12.3. The van der Waals surface area contributed by atoms with Crippen LogP contribution in [-0.4, -0.2) is 25.7 Å². The van der Waals surface area contributed by atoms with E-state index in [1.807, 2.05) is 0 Å². The van der Waals surface area contributed by atoms with Crippen molar-refractivity contribution in [1.82, 2.24) is 10.9 Å². The third kappa shape index (κ3) is 4.69. The minimum atomic E-state index is -0.349. The minimum absolute atomic E-state index is 0.170. The van der Waals surface area contributed by atoms with Gasteiger partial charge in [-0.2, -0.15) is 0 Å². The van der Waals surface area contributed by atoms with E-state index in [9.17, 15) is 9.59 Å². The summed E-state index contributed by atoms with van der Waals surface area (Å²) in [7, 11) is 1.55. The molecule has 8 heteroatoms. The van der Waals surface area contributed by atoms with Crippen molar-refractivity contribution in [1.29, 1.82) is 0 Å². The van der Waals surface area contributed by atoms with Gasteiger partial charge in [0.05, 0.1) is 7.11 Å². The zero-order chi connectivity index (χ0) is 19.2. The van der Waals surface area contributed by atoms with Crippen LogP contribution in [0.2, 0.25) is 0 Å². The Labute approximate surface area is 156 Å². The topological polar surface area (TPSA) is 97.9 Å². The molecule has 0 atom stereocenters. The SMILES string of the molecule is COc1ccc(C(=O)NN/C(C)=C/C(=O)Nc2ccc3c(c2)OCO3)cc1. The number of amides is 2. The van der Waals surface area contributed by atoms with E-state index in [1.54, 1.807) is 56.5 Å². The zero-order valence-corrected chi connectivity index (χ0v) is 14.9. The fourth-order valence-electron chi connectivity index (χ4n) is 2.36. The van der Waals surface area contributed by atoms with Crippen LogP contribution in [0.1, 0.15) is 17.3 Å². The van der Waals surface area contributed by atoms with Gasteiger partial charge in [0.15, 0.2) is 11.5 Å². The Morgan fingerprint density at radius 2 is 1.78 bits per heavy atom. The van der Waals surface area contributed by atoms with Crippen LogP contribution >= 0.6 is 0 Å². The first-order chi connectivity index (χ1) is 13.0. The summed E-state index contributed by atoms with van der Waals surface area (Å²) in [5.41, 5.74) is 6.72. The number of carbonyl (C=O) groups is 2. The predicted octanol–water partition coefficient (Wildman–Crippen LogP) is 2.20. The Morgan fingerprint density at radius 1 is 1.04 bits per heavy atom. The molecule has 3 rings (SSSR count). The van der Waals surface area contributed by atoms with E-state index < -0.39 is 0 Å². The lowest BCUT2D eigenvalue weighted by Crippen LogP contribution is -2.36. The van der Waals surface area contributed by atoms with Crippen molar-refractivity contribution in [2.24, 2.45) is 0 Å². The quantitative estimate of drug-likeness (QED) is 0.533. The number of methoxy groups -OCH3 is 1. The van der Waals surface area contributed by atoms with E-state index in [0.717, 1.165) is 0 Å². The average molecular weight is 369 g/mol. The van der Waals surface area contributed by atoms with E-state index in [1.165, 1.54) is 6.08 Å². The number of allylic oxidation sites excluding steroid dienone is 1. The van der Waals surface area contributed by atoms with Crippen LogP contribution in [0.15, 0.2) is 54.2 Å². The number of ether oxygens (including phenoxy) is 3. The van der Waals surface area contributed by atoms with Crippen molar-refractivity contribution < 1.29 is 23.8 Å². The Morgan fingerprint density at radius 3 is 2.52 bits per heavy atom. The molecule has 8 nitrogen and oxygen atoms in total.